The Morgan fingerprint density at radius 1 is 1.00 bits per heavy atom. The summed E-state index contributed by atoms with van der Waals surface area (Å²) < 4.78 is 7.73. The minimum Gasteiger partial charge on any atom is -0.504 e. The van der Waals surface area contributed by atoms with Gasteiger partial charge in [-0.2, -0.15) is 0 Å². The molecule has 3 heterocycles. The third-order valence-corrected chi connectivity index (χ3v) is 6.92. The lowest BCUT2D eigenvalue weighted by atomic mass is 10.1. The van der Waals surface area contributed by atoms with Crippen molar-refractivity contribution < 1.29 is 24.5 Å². The topological polar surface area (TPSA) is 144 Å². The largest absolute Gasteiger partial charge is 0.504 e. The highest BCUT2D eigenvalue weighted by Crippen LogP contribution is 2.34. The Bertz CT molecular complexity index is 1570. The number of hydrogen-bond acceptors (Lipinski definition) is 8. The number of phenolic OH excluding ortho intramolecular Hbond substituents is 2. The van der Waals surface area contributed by atoms with E-state index in [2.05, 4.69) is 16.5 Å². The molecule has 39 heavy (non-hydrogen) atoms. The van der Waals surface area contributed by atoms with Crippen LogP contribution in [0.15, 0.2) is 48.6 Å². The number of benzene rings is 2. The number of fused-ring (bicyclic) bond motifs is 3. The fraction of sp³-hybridized carbons (Fsp3) is 0.310. The van der Waals surface area contributed by atoms with Crippen LogP contribution >= 0.6 is 0 Å². The van der Waals surface area contributed by atoms with Crippen molar-refractivity contribution in [1.29, 1.82) is 0 Å². The number of unbranched alkanes of at least 4 members (excludes halogenated alkanes) is 1. The quantitative estimate of drug-likeness (QED) is 0.152. The Kier molecular flexibility index (Phi) is 7.47. The number of hydrogen-bond donors (Lipinski definition) is 3. The van der Waals surface area contributed by atoms with Crippen molar-refractivity contribution >= 4 is 39.6 Å². The van der Waals surface area contributed by atoms with Crippen LogP contribution < -0.4 is 5.73 Å². The Morgan fingerprint density at radius 3 is 2.56 bits per heavy atom. The summed E-state index contributed by atoms with van der Waals surface area (Å²) in [5.41, 5.74) is 10.1. The van der Waals surface area contributed by atoms with Crippen molar-refractivity contribution in [2.24, 2.45) is 0 Å². The molecule has 1 aliphatic heterocycles. The van der Waals surface area contributed by atoms with E-state index < -0.39 is 0 Å². The van der Waals surface area contributed by atoms with Crippen LogP contribution in [-0.2, 0) is 33.7 Å². The molecule has 1 aliphatic rings. The van der Waals surface area contributed by atoms with Gasteiger partial charge in [0.2, 0.25) is 0 Å². The molecule has 10 heteroatoms. The Hall–Kier alpha value is -4.44. The molecular formula is C29H31N5O5. The average Bonchev–Trinajstić information content (AvgIpc) is 3.44. The van der Waals surface area contributed by atoms with E-state index in [-0.39, 0.29) is 36.5 Å². The minimum atomic E-state index is -0.315. The zero-order valence-electron chi connectivity index (χ0n) is 21.8. The summed E-state index contributed by atoms with van der Waals surface area (Å²) in [4.78, 5) is 33.9. The number of para-hydroxylation sites is 1. The number of ether oxygens (including phenoxy) is 1. The molecule has 0 bridgehead atoms. The predicted octanol–water partition coefficient (Wildman–Crippen LogP) is 3.45. The number of imide groups is 1. The predicted molar refractivity (Wildman–Crippen MR) is 147 cm³/mol. The lowest BCUT2D eigenvalue weighted by Gasteiger charge is -2.14. The molecule has 4 aromatic rings. The first-order valence-corrected chi connectivity index (χ1v) is 13.1. The molecule has 0 saturated heterocycles. The monoisotopic (exact) mass is 529 g/mol. The van der Waals surface area contributed by atoms with E-state index in [0.29, 0.717) is 36.5 Å². The lowest BCUT2D eigenvalue weighted by Crippen LogP contribution is -2.33. The molecule has 5 rings (SSSR count). The summed E-state index contributed by atoms with van der Waals surface area (Å²) in [6.45, 7) is 3.34. The highest BCUT2D eigenvalue weighted by atomic mass is 16.5. The Morgan fingerprint density at radius 2 is 1.79 bits per heavy atom. The summed E-state index contributed by atoms with van der Waals surface area (Å²) in [6, 6.07) is 10.9. The number of nitrogen functional groups attached to an aromatic ring is 1. The molecule has 0 spiro atoms. The number of aromatic hydroxyl groups is 2. The van der Waals surface area contributed by atoms with E-state index in [1.165, 1.54) is 18.2 Å². The molecule has 202 valence electrons. The second-order valence-electron chi connectivity index (χ2n) is 9.57. The van der Waals surface area contributed by atoms with Gasteiger partial charge in [-0.1, -0.05) is 37.6 Å². The van der Waals surface area contributed by atoms with Crippen LogP contribution in [0.3, 0.4) is 0 Å². The third kappa shape index (κ3) is 5.28. The second kappa shape index (κ2) is 11.1. The SMILES string of the molecule is CCCCc1nc2c(N)nc3cc(CCOCCN4C(=O)C=CC4=O)ccc3c2n1Cc1cccc(O)c1O. The maximum absolute atomic E-state index is 11.6. The number of rotatable bonds is 11. The molecule has 4 N–H and O–H groups in total. The molecule has 10 nitrogen and oxygen atoms in total. The number of amides is 2. The van der Waals surface area contributed by atoms with E-state index in [4.69, 9.17) is 15.5 Å². The molecule has 0 atom stereocenters. The van der Waals surface area contributed by atoms with Gasteiger partial charge in [0.15, 0.2) is 17.3 Å². The Labute approximate surface area is 225 Å². The number of carbonyl (C=O) groups is 2. The number of carbonyl (C=O) groups excluding carboxylic acids is 2. The molecule has 2 aromatic heterocycles. The van der Waals surface area contributed by atoms with Crippen LogP contribution in [0.4, 0.5) is 5.82 Å². The maximum atomic E-state index is 11.6. The second-order valence-corrected chi connectivity index (χ2v) is 9.57. The average molecular weight is 530 g/mol. The van der Waals surface area contributed by atoms with Crippen LogP contribution in [-0.4, -0.2) is 61.2 Å². The fourth-order valence-electron chi connectivity index (χ4n) is 4.83. The number of aromatic nitrogens is 3. The zero-order valence-corrected chi connectivity index (χ0v) is 21.8. The number of nitrogens with zero attached hydrogens (tertiary/aromatic N) is 4. The summed E-state index contributed by atoms with van der Waals surface area (Å²) in [6.07, 6.45) is 5.83. The van der Waals surface area contributed by atoms with Gasteiger partial charge in [-0.25, -0.2) is 9.97 Å². The molecule has 0 unspecified atom stereocenters. The van der Waals surface area contributed by atoms with E-state index in [9.17, 15) is 19.8 Å². The van der Waals surface area contributed by atoms with Crippen molar-refractivity contribution in [3.8, 4) is 11.5 Å². The zero-order chi connectivity index (χ0) is 27.5. The van der Waals surface area contributed by atoms with E-state index in [1.807, 2.05) is 18.2 Å². The first-order valence-electron chi connectivity index (χ1n) is 13.1. The molecule has 0 aliphatic carbocycles. The summed E-state index contributed by atoms with van der Waals surface area (Å²) >= 11 is 0. The van der Waals surface area contributed by atoms with Gasteiger partial charge in [0.1, 0.15) is 11.3 Å². The van der Waals surface area contributed by atoms with Gasteiger partial charge in [-0.05, 0) is 30.5 Å². The van der Waals surface area contributed by atoms with E-state index in [1.54, 1.807) is 12.1 Å². The molecule has 2 aromatic carbocycles. The first kappa shape index (κ1) is 26.2. The van der Waals surface area contributed by atoms with Crippen molar-refractivity contribution in [2.75, 3.05) is 25.5 Å². The number of anilines is 1. The Balaban J connectivity index is 1.40. The highest BCUT2D eigenvalue weighted by Gasteiger charge is 2.22. The molecular weight excluding hydrogens is 498 g/mol. The fourth-order valence-corrected chi connectivity index (χ4v) is 4.83. The summed E-state index contributed by atoms with van der Waals surface area (Å²) in [5, 5.41) is 21.4. The van der Waals surface area contributed by atoms with E-state index >= 15 is 0 Å². The summed E-state index contributed by atoms with van der Waals surface area (Å²) in [7, 11) is 0. The van der Waals surface area contributed by atoms with Crippen molar-refractivity contribution in [2.45, 2.75) is 39.2 Å². The molecule has 0 saturated carbocycles. The van der Waals surface area contributed by atoms with Crippen molar-refractivity contribution in [1.82, 2.24) is 19.4 Å². The lowest BCUT2D eigenvalue weighted by molar-refractivity contribution is -0.137. The van der Waals surface area contributed by atoms with Crippen LogP contribution in [0.1, 0.15) is 36.7 Å². The maximum Gasteiger partial charge on any atom is 0.253 e. The first-order chi connectivity index (χ1) is 18.9. The molecule has 2 amide bonds. The van der Waals surface area contributed by atoms with Gasteiger partial charge < -0.3 is 25.3 Å². The minimum absolute atomic E-state index is 0.149. The van der Waals surface area contributed by atoms with Gasteiger partial charge in [0.25, 0.3) is 11.8 Å². The van der Waals surface area contributed by atoms with Gasteiger partial charge in [-0.15, -0.1) is 0 Å². The van der Waals surface area contributed by atoms with Gasteiger partial charge in [-0.3, -0.25) is 14.5 Å². The smallest absolute Gasteiger partial charge is 0.253 e. The van der Waals surface area contributed by atoms with Crippen LogP contribution in [0, 0.1) is 0 Å². The number of nitrogens with two attached hydrogens (primary N) is 1. The highest BCUT2D eigenvalue weighted by molar-refractivity contribution is 6.12. The van der Waals surface area contributed by atoms with E-state index in [0.717, 1.165) is 52.0 Å². The number of pyridine rings is 1. The summed E-state index contributed by atoms with van der Waals surface area (Å²) in [5.74, 6) is 0.229. The number of phenols is 2. The number of aryl methyl sites for hydroxylation is 1. The van der Waals surface area contributed by atoms with Crippen LogP contribution in [0.25, 0.3) is 21.9 Å². The van der Waals surface area contributed by atoms with Gasteiger partial charge >= 0.3 is 0 Å². The normalized spacial score (nSPS) is 13.4. The van der Waals surface area contributed by atoms with Gasteiger partial charge in [0.05, 0.1) is 37.3 Å². The van der Waals surface area contributed by atoms with Crippen LogP contribution in [0.5, 0.6) is 11.5 Å². The number of imidazole rings is 1. The van der Waals surface area contributed by atoms with Crippen LogP contribution in [0.2, 0.25) is 0 Å². The molecule has 0 radical (unpaired) electrons. The standard InChI is InChI=1S/C29H31N5O5/c1-2-3-7-23-32-26-27(34(23)17-19-5-4-6-22(35)28(19)38)20-9-8-18(16-21(20)31-29(26)30)12-14-39-15-13-33-24(36)10-11-25(33)37/h4-6,8-11,16,35,38H,2-3,7,12-15,17H2,1H3,(H2,30,31). The third-order valence-electron chi connectivity index (χ3n) is 6.92. The van der Waals surface area contributed by atoms with Gasteiger partial charge in [0, 0.05) is 29.5 Å². The van der Waals surface area contributed by atoms with Crippen molar-refractivity contribution in [3.05, 3.63) is 65.5 Å². The van der Waals surface area contributed by atoms with Crippen molar-refractivity contribution in [3.63, 3.8) is 0 Å². The molecule has 0 fully saturated rings.